The molecular weight excluding hydrogens is 392 g/mol. The number of hydrogen-bond donors (Lipinski definition) is 1. The monoisotopic (exact) mass is 416 g/mol. The van der Waals surface area contributed by atoms with Gasteiger partial charge in [0, 0.05) is 13.6 Å². The summed E-state index contributed by atoms with van der Waals surface area (Å²) in [7, 11) is -2.29. The summed E-state index contributed by atoms with van der Waals surface area (Å²) in [5, 5.41) is 2.54. The van der Waals surface area contributed by atoms with Crippen LogP contribution in [0.4, 0.5) is 5.69 Å². The van der Waals surface area contributed by atoms with Gasteiger partial charge in [-0.05, 0) is 50.2 Å². The van der Waals surface area contributed by atoms with Gasteiger partial charge >= 0.3 is 5.97 Å². The number of carbonyl (C=O) groups is 2. The van der Waals surface area contributed by atoms with E-state index in [1.165, 1.54) is 44.3 Å². The second-order valence-corrected chi connectivity index (χ2v) is 8.38. The fraction of sp³-hybridized carbons (Fsp3) is 0.238. The van der Waals surface area contributed by atoms with Gasteiger partial charge in [-0.25, -0.2) is 13.2 Å². The van der Waals surface area contributed by atoms with Crippen LogP contribution < -0.4 is 9.62 Å². The number of sulfonamides is 1. The van der Waals surface area contributed by atoms with Crippen molar-refractivity contribution in [1.29, 1.82) is 0 Å². The maximum Gasteiger partial charge on any atom is 0.338 e. The molecule has 29 heavy (non-hydrogen) atoms. The number of aryl methyl sites for hydroxylation is 1. The van der Waals surface area contributed by atoms with Crippen LogP contribution in [0.2, 0.25) is 0 Å². The molecule has 2 rings (SSSR count). The van der Waals surface area contributed by atoms with E-state index < -0.39 is 28.0 Å². The second kappa shape index (κ2) is 9.38. The number of nitrogens with zero attached hydrogens (tertiary/aromatic N) is 1. The molecule has 1 atom stereocenters. The van der Waals surface area contributed by atoms with Crippen molar-refractivity contribution in [1.82, 2.24) is 5.32 Å². The van der Waals surface area contributed by atoms with Crippen molar-refractivity contribution in [3.8, 4) is 0 Å². The fourth-order valence-electron chi connectivity index (χ4n) is 2.41. The number of benzene rings is 2. The Balaban J connectivity index is 2.10. The highest BCUT2D eigenvalue weighted by Crippen LogP contribution is 2.23. The van der Waals surface area contributed by atoms with Crippen molar-refractivity contribution in [3.63, 3.8) is 0 Å². The molecule has 7 nitrogen and oxygen atoms in total. The molecule has 2 aromatic carbocycles. The van der Waals surface area contributed by atoms with E-state index in [2.05, 4.69) is 11.9 Å². The summed E-state index contributed by atoms with van der Waals surface area (Å²) in [6, 6.07) is 12.5. The van der Waals surface area contributed by atoms with Gasteiger partial charge < -0.3 is 10.1 Å². The van der Waals surface area contributed by atoms with Gasteiger partial charge in [0.15, 0.2) is 6.10 Å². The zero-order valence-electron chi connectivity index (χ0n) is 16.6. The first-order chi connectivity index (χ1) is 13.7. The summed E-state index contributed by atoms with van der Waals surface area (Å²) < 4.78 is 31.8. The van der Waals surface area contributed by atoms with Crippen LogP contribution >= 0.6 is 0 Å². The largest absolute Gasteiger partial charge is 0.449 e. The van der Waals surface area contributed by atoms with Crippen LogP contribution in [0.1, 0.15) is 22.8 Å². The van der Waals surface area contributed by atoms with Crippen molar-refractivity contribution in [2.24, 2.45) is 0 Å². The van der Waals surface area contributed by atoms with E-state index in [4.69, 9.17) is 4.74 Å². The SMILES string of the molecule is C=CCNC(=O)[C@@H](C)OC(=O)c1ccc(N(C)S(=O)(=O)c2ccc(C)cc2)cc1. The minimum absolute atomic E-state index is 0.174. The van der Waals surface area contributed by atoms with Crippen molar-refractivity contribution in [2.45, 2.75) is 24.8 Å². The quantitative estimate of drug-likeness (QED) is 0.528. The van der Waals surface area contributed by atoms with Crippen LogP contribution in [0, 0.1) is 6.92 Å². The Morgan fingerprint density at radius 1 is 1.14 bits per heavy atom. The summed E-state index contributed by atoms with van der Waals surface area (Å²) >= 11 is 0. The van der Waals surface area contributed by atoms with Crippen molar-refractivity contribution < 1.29 is 22.7 Å². The molecule has 0 aliphatic rings. The Kier molecular flexibility index (Phi) is 7.17. The number of ether oxygens (including phenoxy) is 1. The van der Waals surface area contributed by atoms with Gasteiger partial charge in [-0.1, -0.05) is 23.8 Å². The molecule has 0 aliphatic carbocycles. The molecule has 0 saturated carbocycles. The third-order valence-electron chi connectivity index (χ3n) is 4.22. The van der Waals surface area contributed by atoms with Gasteiger partial charge in [0.05, 0.1) is 16.1 Å². The summed E-state index contributed by atoms with van der Waals surface area (Å²) in [5.74, 6) is -1.11. The predicted octanol–water partition coefficient (Wildman–Crippen LogP) is 2.67. The molecule has 0 saturated heterocycles. The number of nitrogens with one attached hydrogen (secondary N) is 1. The molecule has 0 spiro atoms. The van der Waals surface area contributed by atoms with Gasteiger partial charge in [0.25, 0.3) is 15.9 Å². The molecular formula is C21H24N2O5S. The summed E-state index contributed by atoms with van der Waals surface area (Å²) in [6.07, 6.45) is 0.554. The highest BCUT2D eigenvalue weighted by Gasteiger charge is 2.22. The van der Waals surface area contributed by atoms with E-state index in [0.29, 0.717) is 5.69 Å². The smallest absolute Gasteiger partial charge is 0.338 e. The Morgan fingerprint density at radius 3 is 2.28 bits per heavy atom. The Morgan fingerprint density at radius 2 is 1.72 bits per heavy atom. The van der Waals surface area contributed by atoms with Crippen LogP contribution in [0.3, 0.4) is 0 Å². The minimum atomic E-state index is -3.72. The highest BCUT2D eigenvalue weighted by atomic mass is 32.2. The van der Waals surface area contributed by atoms with E-state index in [1.807, 2.05) is 6.92 Å². The lowest BCUT2D eigenvalue weighted by molar-refractivity contribution is -0.128. The van der Waals surface area contributed by atoms with Crippen LogP contribution in [-0.4, -0.2) is 40.0 Å². The van der Waals surface area contributed by atoms with E-state index in [0.717, 1.165) is 9.87 Å². The van der Waals surface area contributed by atoms with Gasteiger partial charge in [-0.3, -0.25) is 9.10 Å². The number of rotatable bonds is 8. The Hall–Kier alpha value is -3.13. The van der Waals surface area contributed by atoms with Crippen molar-refractivity contribution in [2.75, 3.05) is 17.9 Å². The second-order valence-electron chi connectivity index (χ2n) is 6.41. The molecule has 0 bridgehead atoms. The maximum absolute atomic E-state index is 12.8. The lowest BCUT2D eigenvalue weighted by Gasteiger charge is -2.20. The summed E-state index contributed by atoms with van der Waals surface area (Å²) in [4.78, 5) is 24.2. The standard InChI is InChI=1S/C21H24N2O5S/c1-5-14-22-20(24)16(3)28-21(25)17-8-10-18(11-9-17)23(4)29(26,27)19-12-6-15(2)7-13-19/h5-13,16H,1,14H2,2-4H3,(H,22,24)/t16-/m1/s1. The van der Waals surface area contributed by atoms with E-state index in [1.54, 1.807) is 24.3 Å². The average molecular weight is 416 g/mol. The predicted molar refractivity (Wildman–Crippen MR) is 111 cm³/mol. The lowest BCUT2D eigenvalue weighted by Crippen LogP contribution is -2.35. The highest BCUT2D eigenvalue weighted by molar-refractivity contribution is 7.92. The molecule has 1 amide bonds. The van der Waals surface area contributed by atoms with Crippen molar-refractivity contribution >= 4 is 27.6 Å². The third-order valence-corrected chi connectivity index (χ3v) is 6.02. The first-order valence-electron chi connectivity index (χ1n) is 8.92. The maximum atomic E-state index is 12.8. The van der Waals surface area contributed by atoms with Gasteiger partial charge in [0.2, 0.25) is 0 Å². The van der Waals surface area contributed by atoms with Crippen molar-refractivity contribution in [3.05, 3.63) is 72.3 Å². The first kappa shape index (κ1) is 22.2. The molecule has 1 N–H and O–H groups in total. The molecule has 0 fully saturated rings. The van der Waals surface area contributed by atoms with Gasteiger partial charge in [-0.15, -0.1) is 6.58 Å². The summed E-state index contributed by atoms with van der Waals surface area (Å²) in [5.41, 5.74) is 1.55. The number of amides is 1. The Labute approximate surface area is 171 Å². The molecule has 8 heteroatoms. The Bertz CT molecular complexity index is 983. The van der Waals surface area contributed by atoms with Gasteiger partial charge in [-0.2, -0.15) is 0 Å². The van der Waals surface area contributed by atoms with E-state index in [9.17, 15) is 18.0 Å². The van der Waals surface area contributed by atoms with Crippen LogP contribution in [0.5, 0.6) is 0 Å². The first-order valence-corrected chi connectivity index (χ1v) is 10.4. The molecule has 0 heterocycles. The van der Waals surface area contributed by atoms with Gasteiger partial charge in [0.1, 0.15) is 0 Å². The molecule has 0 unspecified atom stereocenters. The third kappa shape index (κ3) is 5.45. The zero-order chi connectivity index (χ0) is 21.6. The van der Waals surface area contributed by atoms with Crippen LogP contribution in [0.25, 0.3) is 0 Å². The minimum Gasteiger partial charge on any atom is -0.449 e. The molecule has 154 valence electrons. The van der Waals surface area contributed by atoms with E-state index in [-0.39, 0.29) is 17.0 Å². The number of anilines is 1. The fourth-order valence-corrected chi connectivity index (χ4v) is 3.61. The van der Waals surface area contributed by atoms with Crippen LogP contribution in [0.15, 0.2) is 66.1 Å². The molecule has 2 aromatic rings. The topological polar surface area (TPSA) is 92.8 Å². The van der Waals surface area contributed by atoms with E-state index >= 15 is 0 Å². The zero-order valence-corrected chi connectivity index (χ0v) is 17.4. The molecule has 0 aliphatic heterocycles. The van der Waals surface area contributed by atoms with Crippen LogP contribution in [-0.2, 0) is 19.6 Å². The average Bonchev–Trinajstić information content (AvgIpc) is 2.71. The normalized spacial score (nSPS) is 12.0. The number of hydrogen-bond acceptors (Lipinski definition) is 5. The molecule has 0 aromatic heterocycles. The molecule has 0 radical (unpaired) electrons. The summed E-state index contributed by atoms with van der Waals surface area (Å²) in [6.45, 7) is 7.11. The lowest BCUT2D eigenvalue weighted by atomic mass is 10.2. The number of carbonyl (C=O) groups excluding carboxylic acids is 2. The number of esters is 1.